The third-order valence-electron chi connectivity index (χ3n) is 5.65. The van der Waals surface area contributed by atoms with Crippen molar-refractivity contribution >= 4 is 78.3 Å². The third-order valence-corrected chi connectivity index (χ3v) is 6.89. The van der Waals surface area contributed by atoms with Crippen LogP contribution in [-0.4, -0.2) is 33.1 Å². The molecule has 7 nitrogen and oxygen atoms in total. The summed E-state index contributed by atoms with van der Waals surface area (Å²) in [4.78, 5) is 14.7. The second kappa shape index (κ2) is 9.85. The fourth-order valence-corrected chi connectivity index (χ4v) is 4.93. The van der Waals surface area contributed by atoms with Crippen molar-refractivity contribution in [1.82, 2.24) is 20.3 Å². The molecule has 180 valence electrons. The second-order valence-electron chi connectivity index (χ2n) is 8.02. The van der Waals surface area contributed by atoms with E-state index in [4.69, 9.17) is 28.6 Å². The van der Waals surface area contributed by atoms with Crippen LogP contribution in [0.4, 0.5) is 5.69 Å². The fourth-order valence-electron chi connectivity index (χ4n) is 3.87. The quantitative estimate of drug-likeness (QED) is 0.238. The number of methoxy groups -OCH3 is 1. The molecule has 2 N–H and O–H groups in total. The molecule has 1 heterocycles. The Bertz CT molecular complexity index is 1650. The molecular weight excluding hydrogens is 562 g/mol. The lowest BCUT2D eigenvalue weighted by atomic mass is 10.1. The highest BCUT2D eigenvalue weighted by Crippen LogP contribution is 2.36. The van der Waals surface area contributed by atoms with Crippen LogP contribution in [0, 0.1) is 6.92 Å². The molecule has 10 heteroatoms. The number of aromatic nitrogens is 3. The fraction of sp³-hybridized carbons (Fsp3) is 0.0769. The van der Waals surface area contributed by atoms with E-state index in [0.717, 1.165) is 27.5 Å². The van der Waals surface area contributed by atoms with Gasteiger partial charge in [-0.2, -0.15) is 4.80 Å². The summed E-state index contributed by atoms with van der Waals surface area (Å²) < 4.78 is 6.23. The summed E-state index contributed by atoms with van der Waals surface area (Å²) in [5, 5.41) is 17.6. The first-order chi connectivity index (χ1) is 17.3. The van der Waals surface area contributed by atoms with Crippen molar-refractivity contribution in [2.75, 3.05) is 12.4 Å². The van der Waals surface area contributed by atoms with Gasteiger partial charge in [0.25, 0.3) is 5.91 Å². The Morgan fingerprint density at radius 1 is 1.06 bits per heavy atom. The second-order valence-corrected chi connectivity index (χ2v) is 9.66. The van der Waals surface area contributed by atoms with E-state index in [-0.39, 0.29) is 11.0 Å². The van der Waals surface area contributed by atoms with Gasteiger partial charge in [-0.1, -0.05) is 35.9 Å². The number of carbonyl (C=O) groups is 1. The Balaban J connectivity index is 1.38. The van der Waals surface area contributed by atoms with E-state index < -0.39 is 0 Å². The molecule has 0 bridgehead atoms. The monoisotopic (exact) mass is 579 g/mol. The van der Waals surface area contributed by atoms with Crippen LogP contribution in [0.1, 0.15) is 15.9 Å². The minimum atomic E-state index is -0.386. The number of thiocarbonyl (C=S) groups is 1. The summed E-state index contributed by atoms with van der Waals surface area (Å²) in [6.45, 7) is 1.93. The van der Waals surface area contributed by atoms with Crippen LogP contribution in [0.5, 0.6) is 5.75 Å². The summed E-state index contributed by atoms with van der Waals surface area (Å²) in [5.41, 5.74) is 4.17. The summed E-state index contributed by atoms with van der Waals surface area (Å²) in [6, 6.07) is 20.5. The molecule has 0 spiro atoms. The van der Waals surface area contributed by atoms with Gasteiger partial charge in [0, 0.05) is 10.7 Å². The Labute approximate surface area is 225 Å². The lowest BCUT2D eigenvalue weighted by molar-refractivity contribution is 0.0975. The van der Waals surface area contributed by atoms with Crippen LogP contribution in [0.15, 0.2) is 71.2 Å². The lowest BCUT2D eigenvalue weighted by Gasteiger charge is -2.15. The molecule has 1 aromatic heterocycles. The van der Waals surface area contributed by atoms with Gasteiger partial charge in [-0.3, -0.25) is 10.1 Å². The van der Waals surface area contributed by atoms with Gasteiger partial charge in [0.1, 0.15) is 16.8 Å². The number of hydrogen-bond acceptors (Lipinski definition) is 5. The Hall–Kier alpha value is -3.53. The Kier molecular flexibility index (Phi) is 6.61. The molecule has 1 amide bonds. The van der Waals surface area contributed by atoms with Crippen LogP contribution in [0.2, 0.25) is 5.02 Å². The van der Waals surface area contributed by atoms with Crippen molar-refractivity contribution < 1.29 is 9.53 Å². The number of nitrogens with one attached hydrogen (secondary N) is 2. The summed E-state index contributed by atoms with van der Waals surface area (Å²) in [7, 11) is 1.53. The van der Waals surface area contributed by atoms with Crippen molar-refractivity contribution in [3.63, 3.8) is 0 Å². The molecule has 4 aromatic carbocycles. The number of halogens is 2. The summed E-state index contributed by atoms with van der Waals surface area (Å²) in [5.74, 6) is 0.0497. The maximum Gasteiger partial charge on any atom is 0.261 e. The number of hydrogen-bond donors (Lipinski definition) is 2. The molecule has 0 unspecified atom stereocenters. The van der Waals surface area contributed by atoms with Gasteiger partial charge in [-0.15, -0.1) is 10.2 Å². The van der Waals surface area contributed by atoms with E-state index in [1.807, 2.05) is 55.5 Å². The zero-order chi connectivity index (χ0) is 25.4. The standard InChI is InChI=1S/C26H19BrClN5O2S/c1-14-11-21-22(32-33(31-21)17-9-7-16(28)8-10-17)13-20(14)29-26(36)30-25(34)19-12-15-5-3-4-6-18(15)23(27)24(19)35-2/h3-13H,1-2H3,(H2,29,30,34,36). The van der Waals surface area contributed by atoms with E-state index in [0.29, 0.717) is 32.0 Å². The first-order valence-electron chi connectivity index (χ1n) is 10.9. The number of aryl methyl sites for hydroxylation is 1. The maximum atomic E-state index is 13.1. The number of anilines is 1. The van der Waals surface area contributed by atoms with Crippen LogP contribution >= 0.6 is 39.7 Å². The van der Waals surface area contributed by atoms with Crippen molar-refractivity contribution in [2.45, 2.75) is 6.92 Å². The lowest BCUT2D eigenvalue weighted by Crippen LogP contribution is -2.34. The highest BCUT2D eigenvalue weighted by Gasteiger charge is 2.19. The van der Waals surface area contributed by atoms with E-state index in [1.165, 1.54) is 7.11 Å². The normalized spacial score (nSPS) is 11.0. The Morgan fingerprint density at radius 3 is 2.47 bits per heavy atom. The molecule has 0 radical (unpaired) electrons. The zero-order valence-corrected chi connectivity index (χ0v) is 22.3. The van der Waals surface area contributed by atoms with Gasteiger partial charge >= 0.3 is 0 Å². The van der Waals surface area contributed by atoms with Gasteiger partial charge < -0.3 is 10.1 Å². The van der Waals surface area contributed by atoms with Crippen molar-refractivity contribution in [1.29, 1.82) is 0 Å². The first-order valence-corrected chi connectivity index (χ1v) is 12.4. The molecule has 0 saturated carbocycles. The number of carbonyl (C=O) groups excluding carboxylic acids is 1. The molecular formula is C26H19BrClN5O2S. The van der Waals surface area contributed by atoms with Crippen molar-refractivity contribution in [3.05, 3.63) is 87.4 Å². The summed E-state index contributed by atoms with van der Waals surface area (Å²) in [6.07, 6.45) is 0. The van der Waals surface area contributed by atoms with Crippen molar-refractivity contribution in [2.24, 2.45) is 0 Å². The van der Waals surface area contributed by atoms with Crippen LogP contribution in [-0.2, 0) is 0 Å². The molecule has 36 heavy (non-hydrogen) atoms. The topological polar surface area (TPSA) is 81.1 Å². The maximum absolute atomic E-state index is 13.1. The third kappa shape index (κ3) is 4.65. The SMILES string of the molecule is COc1c(C(=O)NC(=S)Nc2cc3nn(-c4ccc(Cl)cc4)nc3cc2C)cc2ccccc2c1Br. The minimum absolute atomic E-state index is 0.152. The largest absolute Gasteiger partial charge is 0.495 e. The first kappa shape index (κ1) is 24.2. The Morgan fingerprint density at radius 2 is 1.75 bits per heavy atom. The van der Waals surface area contributed by atoms with E-state index in [2.05, 4.69) is 36.8 Å². The van der Waals surface area contributed by atoms with Gasteiger partial charge in [-0.05, 0) is 93.9 Å². The van der Waals surface area contributed by atoms with Gasteiger partial charge in [0.15, 0.2) is 5.11 Å². The van der Waals surface area contributed by atoms with E-state index in [9.17, 15) is 4.79 Å². The van der Waals surface area contributed by atoms with Gasteiger partial charge in [-0.25, -0.2) is 0 Å². The molecule has 5 aromatic rings. The highest BCUT2D eigenvalue weighted by atomic mass is 79.9. The number of ether oxygens (including phenoxy) is 1. The van der Waals surface area contributed by atoms with E-state index in [1.54, 1.807) is 23.0 Å². The van der Waals surface area contributed by atoms with Crippen LogP contribution in [0.3, 0.4) is 0 Å². The number of fused-ring (bicyclic) bond motifs is 2. The van der Waals surface area contributed by atoms with Gasteiger partial charge in [0.05, 0.1) is 22.8 Å². The number of benzene rings is 4. The molecule has 0 aliphatic carbocycles. The molecule has 5 rings (SSSR count). The van der Waals surface area contributed by atoms with Crippen LogP contribution in [0.25, 0.3) is 27.5 Å². The molecule has 0 saturated heterocycles. The number of amides is 1. The predicted molar refractivity (Wildman–Crippen MR) is 150 cm³/mol. The molecule has 0 aliphatic heterocycles. The minimum Gasteiger partial charge on any atom is -0.495 e. The van der Waals surface area contributed by atoms with Crippen molar-refractivity contribution in [3.8, 4) is 11.4 Å². The average Bonchev–Trinajstić information content (AvgIpc) is 3.27. The highest BCUT2D eigenvalue weighted by molar-refractivity contribution is 9.10. The van der Waals surface area contributed by atoms with Gasteiger partial charge in [0.2, 0.25) is 0 Å². The average molecular weight is 581 g/mol. The van der Waals surface area contributed by atoms with E-state index >= 15 is 0 Å². The molecule has 0 fully saturated rings. The molecule has 0 atom stereocenters. The van der Waals surface area contributed by atoms with Crippen LogP contribution < -0.4 is 15.4 Å². The smallest absolute Gasteiger partial charge is 0.261 e. The number of rotatable bonds is 4. The zero-order valence-electron chi connectivity index (χ0n) is 19.2. The summed E-state index contributed by atoms with van der Waals surface area (Å²) >= 11 is 15.0. The molecule has 0 aliphatic rings. The number of nitrogens with zero attached hydrogens (tertiary/aromatic N) is 3. The predicted octanol–water partition coefficient (Wildman–Crippen LogP) is 6.43.